The van der Waals surface area contributed by atoms with Crippen molar-refractivity contribution in [3.05, 3.63) is 35.4 Å². The van der Waals surface area contributed by atoms with E-state index in [1.54, 1.807) is 0 Å². The number of fused-ring (bicyclic) bond motifs is 1. The molecule has 1 aromatic carbocycles. The average Bonchev–Trinajstić information content (AvgIpc) is 2.55. The highest BCUT2D eigenvalue weighted by atomic mass is 15.2. The number of nitrogens with zero attached hydrogens (tertiary/aromatic N) is 1. The lowest BCUT2D eigenvalue weighted by Gasteiger charge is -2.44. The molecule has 0 aromatic heterocycles. The Labute approximate surface area is 129 Å². The molecule has 3 rings (SSSR count). The molecule has 116 valence electrons. The zero-order chi connectivity index (χ0) is 14.5. The molecule has 2 aliphatic rings. The molecule has 0 radical (unpaired) electrons. The largest absolute Gasteiger partial charge is 0.319 e. The van der Waals surface area contributed by atoms with E-state index in [9.17, 15) is 0 Å². The van der Waals surface area contributed by atoms with Crippen LogP contribution in [0.3, 0.4) is 0 Å². The maximum atomic E-state index is 3.22. The first-order valence-electron chi connectivity index (χ1n) is 8.83. The molecule has 2 heteroatoms. The van der Waals surface area contributed by atoms with Crippen molar-refractivity contribution in [2.24, 2.45) is 5.92 Å². The molecule has 0 spiro atoms. The first-order valence-corrected chi connectivity index (χ1v) is 8.83. The fraction of sp³-hybridized carbons (Fsp3) is 0.684. The number of benzene rings is 1. The van der Waals surface area contributed by atoms with Crippen molar-refractivity contribution in [3.63, 3.8) is 0 Å². The molecule has 1 N–H and O–H groups in total. The highest BCUT2D eigenvalue weighted by molar-refractivity contribution is 5.23. The molecule has 2 nitrogen and oxygen atoms in total. The van der Waals surface area contributed by atoms with E-state index in [0.717, 1.165) is 31.5 Å². The van der Waals surface area contributed by atoms with Gasteiger partial charge in [-0.15, -0.1) is 0 Å². The monoisotopic (exact) mass is 286 g/mol. The molecule has 2 atom stereocenters. The topological polar surface area (TPSA) is 15.3 Å². The average molecular weight is 286 g/mol. The van der Waals surface area contributed by atoms with Crippen molar-refractivity contribution in [1.29, 1.82) is 0 Å². The van der Waals surface area contributed by atoms with Crippen molar-refractivity contribution in [2.45, 2.75) is 57.5 Å². The second-order valence-corrected chi connectivity index (χ2v) is 6.89. The lowest BCUT2D eigenvalue weighted by molar-refractivity contribution is 0.0547. The summed E-state index contributed by atoms with van der Waals surface area (Å²) in [5.74, 6) is 0.988. The summed E-state index contributed by atoms with van der Waals surface area (Å²) < 4.78 is 0. The summed E-state index contributed by atoms with van der Waals surface area (Å²) in [6, 6.07) is 10.2. The number of likely N-dealkylation sites (N-methyl/N-ethyl adjacent to an activating group) is 1. The number of likely N-dealkylation sites (tertiary alicyclic amines) is 1. The van der Waals surface area contributed by atoms with Crippen molar-refractivity contribution in [3.8, 4) is 0 Å². The van der Waals surface area contributed by atoms with Gasteiger partial charge < -0.3 is 5.32 Å². The summed E-state index contributed by atoms with van der Waals surface area (Å²) in [6.07, 6.45) is 9.83. The summed E-state index contributed by atoms with van der Waals surface area (Å²) in [5, 5.41) is 3.22. The Hall–Kier alpha value is -0.860. The molecule has 1 saturated carbocycles. The van der Waals surface area contributed by atoms with Crippen LogP contribution in [0, 0.1) is 5.92 Å². The Morgan fingerprint density at radius 3 is 2.52 bits per heavy atom. The van der Waals surface area contributed by atoms with Gasteiger partial charge in [0.2, 0.25) is 0 Å². The summed E-state index contributed by atoms with van der Waals surface area (Å²) in [6.45, 7) is 3.53. The quantitative estimate of drug-likeness (QED) is 0.889. The van der Waals surface area contributed by atoms with E-state index >= 15 is 0 Å². The SMILES string of the molecule is CNCCc1ccc(CN2CCCC3CCCCC32)cc1. The number of hydrogen-bond acceptors (Lipinski definition) is 2. The molecular formula is C19H30N2. The van der Waals surface area contributed by atoms with Crippen LogP contribution in [0.4, 0.5) is 0 Å². The summed E-state index contributed by atoms with van der Waals surface area (Å²) in [5.41, 5.74) is 2.94. The van der Waals surface area contributed by atoms with Gasteiger partial charge in [-0.1, -0.05) is 37.1 Å². The maximum Gasteiger partial charge on any atom is 0.0236 e. The van der Waals surface area contributed by atoms with Crippen LogP contribution in [-0.2, 0) is 13.0 Å². The lowest BCUT2D eigenvalue weighted by Crippen LogP contribution is -2.46. The van der Waals surface area contributed by atoms with Gasteiger partial charge in [0.25, 0.3) is 0 Å². The number of hydrogen-bond donors (Lipinski definition) is 1. The number of rotatable bonds is 5. The fourth-order valence-electron chi connectivity index (χ4n) is 4.24. The molecule has 1 heterocycles. The molecule has 0 amide bonds. The van der Waals surface area contributed by atoms with E-state index < -0.39 is 0 Å². The van der Waals surface area contributed by atoms with Crippen LogP contribution in [-0.4, -0.2) is 31.1 Å². The van der Waals surface area contributed by atoms with Crippen LogP contribution in [0.1, 0.15) is 49.7 Å². The first kappa shape index (κ1) is 15.1. The third-order valence-electron chi connectivity index (χ3n) is 5.43. The van der Waals surface area contributed by atoms with Gasteiger partial charge in [0, 0.05) is 12.6 Å². The third kappa shape index (κ3) is 3.87. The maximum absolute atomic E-state index is 3.22. The molecule has 2 unspecified atom stereocenters. The minimum absolute atomic E-state index is 0.872. The van der Waals surface area contributed by atoms with Crippen LogP contribution in [0.5, 0.6) is 0 Å². The summed E-state index contributed by atoms with van der Waals surface area (Å²) >= 11 is 0. The van der Waals surface area contributed by atoms with Gasteiger partial charge in [-0.25, -0.2) is 0 Å². The molecule has 21 heavy (non-hydrogen) atoms. The molecule has 1 aliphatic carbocycles. The smallest absolute Gasteiger partial charge is 0.0236 e. The van der Waals surface area contributed by atoms with Gasteiger partial charge in [-0.3, -0.25) is 4.90 Å². The number of piperidine rings is 1. The molecule has 1 saturated heterocycles. The highest BCUT2D eigenvalue weighted by Gasteiger charge is 2.32. The predicted octanol–water partition coefficient (Wildman–Crippen LogP) is 3.60. The molecule has 1 aliphatic heterocycles. The third-order valence-corrected chi connectivity index (χ3v) is 5.43. The Morgan fingerprint density at radius 1 is 1.00 bits per heavy atom. The van der Waals surface area contributed by atoms with Crippen molar-refractivity contribution in [1.82, 2.24) is 10.2 Å². The summed E-state index contributed by atoms with van der Waals surface area (Å²) in [7, 11) is 2.02. The standard InChI is InChI=1S/C19H30N2/c1-20-13-12-16-8-10-17(11-9-16)15-21-14-4-6-18-5-2-3-7-19(18)21/h8-11,18-20H,2-7,12-15H2,1H3. The molecular weight excluding hydrogens is 256 g/mol. The van der Waals surface area contributed by atoms with Gasteiger partial charge in [0.05, 0.1) is 0 Å². The van der Waals surface area contributed by atoms with E-state index in [1.165, 1.54) is 56.2 Å². The van der Waals surface area contributed by atoms with E-state index in [1.807, 2.05) is 7.05 Å². The normalized spacial score (nSPS) is 26.5. The Balaban J connectivity index is 1.59. The molecule has 1 aromatic rings. The minimum atomic E-state index is 0.872. The van der Waals surface area contributed by atoms with E-state index in [2.05, 4.69) is 34.5 Å². The summed E-state index contributed by atoms with van der Waals surface area (Å²) in [4.78, 5) is 2.77. The second kappa shape index (κ2) is 7.42. The van der Waals surface area contributed by atoms with Gasteiger partial charge in [-0.05, 0) is 69.3 Å². The lowest BCUT2D eigenvalue weighted by atomic mass is 9.78. The highest BCUT2D eigenvalue weighted by Crippen LogP contribution is 2.35. The van der Waals surface area contributed by atoms with Gasteiger partial charge in [-0.2, -0.15) is 0 Å². The molecule has 2 fully saturated rings. The number of nitrogens with one attached hydrogen (secondary N) is 1. The Bertz CT molecular complexity index is 424. The van der Waals surface area contributed by atoms with Crippen molar-refractivity contribution >= 4 is 0 Å². The van der Waals surface area contributed by atoms with Crippen LogP contribution >= 0.6 is 0 Å². The van der Waals surface area contributed by atoms with Crippen LogP contribution in [0.15, 0.2) is 24.3 Å². The second-order valence-electron chi connectivity index (χ2n) is 6.89. The fourth-order valence-corrected chi connectivity index (χ4v) is 4.24. The molecule has 0 bridgehead atoms. The van der Waals surface area contributed by atoms with Crippen molar-refractivity contribution in [2.75, 3.05) is 20.1 Å². The predicted molar refractivity (Wildman–Crippen MR) is 89.5 cm³/mol. The zero-order valence-corrected chi connectivity index (χ0v) is 13.5. The van der Waals surface area contributed by atoms with Gasteiger partial charge in [0.1, 0.15) is 0 Å². The minimum Gasteiger partial charge on any atom is -0.319 e. The van der Waals surface area contributed by atoms with E-state index in [-0.39, 0.29) is 0 Å². The van der Waals surface area contributed by atoms with Crippen molar-refractivity contribution < 1.29 is 0 Å². The van der Waals surface area contributed by atoms with Crippen LogP contribution in [0.25, 0.3) is 0 Å². The Kier molecular flexibility index (Phi) is 5.32. The van der Waals surface area contributed by atoms with Crippen LogP contribution in [0.2, 0.25) is 0 Å². The van der Waals surface area contributed by atoms with E-state index in [4.69, 9.17) is 0 Å². The first-order chi connectivity index (χ1) is 10.4. The van der Waals surface area contributed by atoms with Crippen LogP contribution < -0.4 is 5.32 Å². The van der Waals surface area contributed by atoms with E-state index in [0.29, 0.717) is 0 Å². The Morgan fingerprint density at radius 2 is 1.71 bits per heavy atom. The van der Waals surface area contributed by atoms with Gasteiger partial charge in [0.15, 0.2) is 0 Å². The zero-order valence-electron chi connectivity index (χ0n) is 13.5. The van der Waals surface area contributed by atoms with Gasteiger partial charge >= 0.3 is 0 Å².